The lowest BCUT2D eigenvalue weighted by atomic mass is 10.0. The number of benzene rings is 1. The fourth-order valence-corrected chi connectivity index (χ4v) is 3.91. The second-order valence-corrected chi connectivity index (χ2v) is 10.5. The average molecular weight is 492 g/mol. The zero-order chi connectivity index (χ0) is 26.2. The Morgan fingerprint density at radius 1 is 1.20 bits per heavy atom. The van der Waals surface area contributed by atoms with E-state index < -0.39 is 36.0 Å². The molecule has 0 saturated carbocycles. The highest BCUT2D eigenvalue weighted by atomic mass is 16.6. The van der Waals surface area contributed by atoms with Crippen molar-refractivity contribution in [2.75, 3.05) is 20.1 Å². The molecule has 3 amide bonds. The molecule has 0 radical (unpaired) electrons. The molecule has 0 bridgehead atoms. The third-order valence-corrected chi connectivity index (χ3v) is 5.75. The van der Waals surface area contributed by atoms with Crippen LogP contribution in [0, 0.1) is 5.92 Å². The molecule has 1 heterocycles. The quantitative estimate of drug-likeness (QED) is 0.604. The molecule has 1 saturated heterocycles. The highest BCUT2D eigenvalue weighted by Gasteiger charge is 2.35. The van der Waals surface area contributed by atoms with Crippen LogP contribution >= 0.6 is 0 Å². The third-order valence-electron chi connectivity index (χ3n) is 5.75. The summed E-state index contributed by atoms with van der Waals surface area (Å²) in [4.78, 5) is 41.2. The fourth-order valence-electron chi connectivity index (χ4n) is 3.91. The minimum absolute atomic E-state index is 0.0509. The number of hydrogen-bond acceptors (Lipinski definition) is 6. The predicted octanol–water partition coefficient (Wildman–Crippen LogP) is 3.55. The van der Waals surface area contributed by atoms with Crippen LogP contribution in [0.25, 0.3) is 0 Å². The summed E-state index contributed by atoms with van der Waals surface area (Å²) in [5, 5.41) is 13.7. The summed E-state index contributed by atoms with van der Waals surface area (Å²) in [6.45, 7) is 9.89. The molecule has 1 aromatic carbocycles. The first-order valence-corrected chi connectivity index (χ1v) is 12.3. The number of hydrogen-bond donors (Lipinski definition) is 2. The van der Waals surface area contributed by atoms with Gasteiger partial charge in [0.15, 0.2) is 0 Å². The van der Waals surface area contributed by atoms with Crippen molar-refractivity contribution in [3.05, 3.63) is 35.9 Å². The molecule has 2 rings (SSSR count). The van der Waals surface area contributed by atoms with Gasteiger partial charge in [0.1, 0.15) is 18.2 Å². The Labute approximate surface area is 208 Å². The second kappa shape index (κ2) is 12.8. The van der Waals surface area contributed by atoms with Crippen molar-refractivity contribution in [2.24, 2.45) is 5.92 Å². The van der Waals surface area contributed by atoms with E-state index in [9.17, 15) is 19.5 Å². The van der Waals surface area contributed by atoms with E-state index in [4.69, 9.17) is 9.47 Å². The van der Waals surface area contributed by atoms with Gasteiger partial charge in [0, 0.05) is 13.6 Å². The van der Waals surface area contributed by atoms with E-state index >= 15 is 0 Å². The topological polar surface area (TPSA) is 108 Å². The van der Waals surface area contributed by atoms with Crippen LogP contribution in [0.2, 0.25) is 0 Å². The number of rotatable bonds is 7. The van der Waals surface area contributed by atoms with Crippen LogP contribution < -0.4 is 5.32 Å². The highest BCUT2D eigenvalue weighted by molar-refractivity contribution is 5.86. The molecular formula is C26H41N3O6. The van der Waals surface area contributed by atoms with Crippen LogP contribution in [0.1, 0.15) is 59.4 Å². The summed E-state index contributed by atoms with van der Waals surface area (Å²) in [5.41, 5.74) is 0.201. The molecule has 0 aromatic heterocycles. The maximum atomic E-state index is 13.2. The third kappa shape index (κ3) is 9.39. The van der Waals surface area contributed by atoms with Crippen LogP contribution in [-0.4, -0.2) is 76.9 Å². The van der Waals surface area contributed by atoms with E-state index in [1.807, 2.05) is 44.2 Å². The maximum Gasteiger partial charge on any atom is 0.410 e. The van der Waals surface area contributed by atoms with Gasteiger partial charge in [-0.2, -0.15) is 0 Å². The number of ether oxygens (including phenoxy) is 2. The van der Waals surface area contributed by atoms with Gasteiger partial charge in [-0.25, -0.2) is 9.59 Å². The van der Waals surface area contributed by atoms with Crippen LogP contribution in [0.5, 0.6) is 0 Å². The van der Waals surface area contributed by atoms with E-state index in [1.54, 1.807) is 27.8 Å². The van der Waals surface area contributed by atoms with Gasteiger partial charge >= 0.3 is 12.2 Å². The molecule has 196 valence electrons. The number of carbonyl (C=O) groups is 3. The molecule has 1 aliphatic rings. The molecule has 1 fully saturated rings. The number of likely N-dealkylation sites (N-methyl/N-ethyl adjacent to an activating group) is 1. The van der Waals surface area contributed by atoms with E-state index in [0.717, 1.165) is 5.56 Å². The van der Waals surface area contributed by atoms with Gasteiger partial charge in [-0.15, -0.1) is 0 Å². The molecule has 3 atom stereocenters. The van der Waals surface area contributed by atoms with Gasteiger partial charge in [0.25, 0.3) is 0 Å². The van der Waals surface area contributed by atoms with Gasteiger partial charge in [-0.3, -0.25) is 9.69 Å². The molecule has 35 heavy (non-hydrogen) atoms. The zero-order valence-electron chi connectivity index (χ0n) is 21.8. The average Bonchev–Trinajstić information content (AvgIpc) is 2.96. The normalized spacial score (nSPS) is 19.5. The van der Waals surface area contributed by atoms with Crippen molar-refractivity contribution in [1.82, 2.24) is 15.1 Å². The number of carbonyl (C=O) groups excluding carboxylic acids is 3. The van der Waals surface area contributed by atoms with E-state index in [-0.39, 0.29) is 25.0 Å². The summed E-state index contributed by atoms with van der Waals surface area (Å²) < 4.78 is 10.8. The van der Waals surface area contributed by atoms with Crippen LogP contribution in [0.15, 0.2) is 30.3 Å². The van der Waals surface area contributed by atoms with Crippen molar-refractivity contribution in [2.45, 2.75) is 84.3 Å². The number of β-amino-alcohol motifs (C(OH)–C–C–N with tert-alkyl or cyclic N) is 1. The van der Waals surface area contributed by atoms with Gasteiger partial charge in [-0.1, -0.05) is 44.2 Å². The zero-order valence-corrected chi connectivity index (χ0v) is 21.8. The summed E-state index contributed by atoms with van der Waals surface area (Å²) in [6, 6.07) is 8.10. The lowest BCUT2D eigenvalue weighted by Crippen LogP contribution is -2.54. The number of aliphatic hydroxyl groups excluding tert-OH is 1. The summed E-state index contributed by atoms with van der Waals surface area (Å²) >= 11 is 0. The highest BCUT2D eigenvalue weighted by Crippen LogP contribution is 2.18. The largest absolute Gasteiger partial charge is 0.445 e. The summed E-state index contributed by atoms with van der Waals surface area (Å²) in [7, 11) is 1.55. The fraction of sp³-hybridized carbons (Fsp3) is 0.654. The second-order valence-electron chi connectivity index (χ2n) is 10.5. The Morgan fingerprint density at radius 3 is 2.46 bits per heavy atom. The Hall–Kier alpha value is -2.81. The first-order valence-electron chi connectivity index (χ1n) is 12.3. The number of aliphatic hydroxyl groups is 1. The smallest absolute Gasteiger partial charge is 0.410 e. The molecule has 1 aliphatic heterocycles. The Balaban J connectivity index is 1.98. The summed E-state index contributed by atoms with van der Waals surface area (Å²) in [5.74, 6) is -0.194. The molecule has 2 N–H and O–H groups in total. The lowest BCUT2D eigenvalue weighted by Gasteiger charge is -2.32. The predicted molar refractivity (Wildman–Crippen MR) is 133 cm³/mol. The monoisotopic (exact) mass is 491 g/mol. The van der Waals surface area contributed by atoms with Crippen molar-refractivity contribution in [3.63, 3.8) is 0 Å². The first kappa shape index (κ1) is 28.4. The standard InChI is InChI=1S/C26H41N3O6/c1-18(2)15-21(28(6)24(32)35-26(3,4)5)23(31)27-20-13-10-14-29(16-22(20)30)25(33)34-17-19-11-8-7-9-12-19/h7-9,11-12,18,20-22,30H,10,13-17H2,1-6H3,(H,27,31)/t20?,21-,22?/m0/s1. The van der Waals surface area contributed by atoms with E-state index in [2.05, 4.69) is 5.32 Å². The molecule has 0 spiro atoms. The van der Waals surface area contributed by atoms with Gasteiger partial charge < -0.3 is 24.8 Å². The minimum atomic E-state index is -0.961. The number of likely N-dealkylation sites (tertiary alicyclic amines) is 1. The molecule has 0 aliphatic carbocycles. The van der Waals surface area contributed by atoms with E-state index in [1.165, 1.54) is 9.80 Å². The molecule has 1 aromatic rings. The maximum absolute atomic E-state index is 13.2. The SMILES string of the molecule is CC(C)C[C@@H](C(=O)NC1CCCN(C(=O)OCc2ccccc2)CC1O)N(C)C(=O)OC(C)(C)C. The van der Waals surface area contributed by atoms with Gasteiger partial charge in [0.2, 0.25) is 5.91 Å². The van der Waals surface area contributed by atoms with Crippen molar-refractivity contribution in [1.29, 1.82) is 0 Å². The summed E-state index contributed by atoms with van der Waals surface area (Å²) in [6.07, 6.45) is -0.493. The number of nitrogens with one attached hydrogen (secondary N) is 1. The number of amides is 3. The van der Waals surface area contributed by atoms with Crippen molar-refractivity contribution >= 4 is 18.1 Å². The Bertz CT molecular complexity index is 839. The van der Waals surface area contributed by atoms with Gasteiger partial charge in [-0.05, 0) is 51.5 Å². The minimum Gasteiger partial charge on any atom is -0.445 e. The Kier molecular flexibility index (Phi) is 10.4. The van der Waals surface area contributed by atoms with Crippen LogP contribution in [0.3, 0.4) is 0 Å². The van der Waals surface area contributed by atoms with E-state index in [0.29, 0.717) is 25.8 Å². The van der Waals surface area contributed by atoms with Crippen molar-refractivity contribution in [3.8, 4) is 0 Å². The molecule has 9 nitrogen and oxygen atoms in total. The van der Waals surface area contributed by atoms with Crippen LogP contribution in [0.4, 0.5) is 9.59 Å². The molecule has 9 heteroatoms. The van der Waals surface area contributed by atoms with Gasteiger partial charge in [0.05, 0.1) is 18.7 Å². The lowest BCUT2D eigenvalue weighted by molar-refractivity contribution is -0.128. The number of nitrogens with zero attached hydrogens (tertiary/aromatic N) is 2. The first-order chi connectivity index (χ1) is 16.4. The molecular weight excluding hydrogens is 450 g/mol. The molecule has 2 unspecified atom stereocenters. The van der Waals surface area contributed by atoms with Crippen molar-refractivity contribution < 1.29 is 29.0 Å². The Morgan fingerprint density at radius 2 is 1.86 bits per heavy atom. The van der Waals surface area contributed by atoms with Crippen LogP contribution in [-0.2, 0) is 20.9 Å².